The third kappa shape index (κ3) is 4.19. The van der Waals surface area contributed by atoms with E-state index in [1.807, 2.05) is 55.6 Å². The van der Waals surface area contributed by atoms with Crippen LogP contribution in [0.4, 0.5) is 0 Å². The summed E-state index contributed by atoms with van der Waals surface area (Å²) in [5.41, 5.74) is 2.11. The van der Waals surface area contributed by atoms with Crippen molar-refractivity contribution in [2.45, 2.75) is 13.1 Å². The van der Waals surface area contributed by atoms with Crippen molar-refractivity contribution in [3.8, 4) is 22.8 Å². The van der Waals surface area contributed by atoms with Gasteiger partial charge in [-0.05, 0) is 13.1 Å². The van der Waals surface area contributed by atoms with Crippen LogP contribution >= 0.6 is 0 Å². The van der Waals surface area contributed by atoms with Gasteiger partial charge in [0.05, 0.1) is 27.0 Å². The minimum atomic E-state index is 0.613. The highest BCUT2D eigenvalue weighted by atomic mass is 16.5. The Morgan fingerprint density at radius 3 is 2.52 bits per heavy atom. The van der Waals surface area contributed by atoms with Gasteiger partial charge in [0.2, 0.25) is 5.89 Å². The van der Waals surface area contributed by atoms with Crippen molar-refractivity contribution in [2.24, 2.45) is 0 Å². The van der Waals surface area contributed by atoms with Crippen molar-refractivity contribution < 1.29 is 13.9 Å². The van der Waals surface area contributed by atoms with Crippen LogP contribution in [0.25, 0.3) is 11.3 Å². The Bertz CT molecular complexity index is 815. The second-order valence-corrected chi connectivity index (χ2v) is 5.83. The Kier molecular flexibility index (Phi) is 5.36. The molecular formula is C20H22N2O3. The van der Waals surface area contributed by atoms with E-state index >= 15 is 0 Å². The maximum absolute atomic E-state index is 5.87. The molecule has 0 atom stereocenters. The summed E-state index contributed by atoms with van der Waals surface area (Å²) in [6, 6.07) is 15.8. The van der Waals surface area contributed by atoms with Gasteiger partial charge in [0, 0.05) is 23.7 Å². The van der Waals surface area contributed by atoms with Crippen molar-refractivity contribution in [1.82, 2.24) is 9.88 Å². The van der Waals surface area contributed by atoms with Crippen molar-refractivity contribution in [3.63, 3.8) is 0 Å². The molecule has 0 aliphatic carbocycles. The maximum atomic E-state index is 5.87. The standard InChI is InChI=1S/C20H22N2O3/c1-22(13-16-9-10-17(23-2)11-18(16)24-3)14-20-21-12-19(25-20)15-7-5-4-6-8-15/h4-12H,13-14H2,1-3H3. The molecule has 1 aromatic heterocycles. The molecule has 0 saturated heterocycles. The quantitative estimate of drug-likeness (QED) is 0.652. The number of rotatable bonds is 7. The van der Waals surface area contributed by atoms with Crippen molar-refractivity contribution in [3.05, 3.63) is 66.2 Å². The van der Waals surface area contributed by atoms with Crippen LogP contribution in [0.1, 0.15) is 11.5 Å². The first-order valence-electron chi connectivity index (χ1n) is 8.09. The van der Waals surface area contributed by atoms with E-state index in [0.29, 0.717) is 12.4 Å². The van der Waals surface area contributed by atoms with Gasteiger partial charge in [0.15, 0.2) is 5.76 Å². The van der Waals surface area contributed by atoms with E-state index in [1.54, 1.807) is 20.4 Å². The third-order valence-electron chi connectivity index (χ3n) is 3.95. The molecule has 0 aliphatic heterocycles. The number of hydrogen-bond donors (Lipinski definition) is 0. The molecule has 0 unspecified atom stereocenters. The molecule has 0 aliphatic rings. The molecule has 0 radical (unpaired) electrons. The normalized spacial score (nSPS) is 10.9. The van der Waals surface area contributed by atoms with Crippen LogP contribution in [0, 0.1) is 0 Å². The van der Waals surface area contributed by atoms with E-state index in [4.69, 9.17) is 13.9 Å². The molecule has 2 aromatic carbocycles. The third-order valence-corrected chi connectivity index (χ3v) is 3.95. The molecule has 5 heteroatoms. The predicted octanol–water partition coefficient (Wildman–Crippen LogP) is 3.99. The fourth-order valence-corrected chi connectivity index (χ4v) is 2.68. The summed E-state index contributed by atoms with van der Waals surface area (Å²) in [4.78, 5) is 6.51. The molecule has 3 aromatic rings. The molecular weight excluding hydrogens is 316 g/mol. The summed E-state index contributed by atoms with van der Waals surface area (Å²) in [6.07, 6.45) is 1.77. The zero-order chi connectivity index (χ0) is 17.6. The van der Waals surface area contributed by atoms with Crippen LogP contribution in [0.5, 0.6) is 11.5 Å². The van der Waals surface area contributed by atoms with Gasteiger partial charge in [0.25, 0.3) is 0 Å². The average Bonchev–Trinajstić information content (AvgIpc) is 3.11. The Hall–Kier alpha value is -2.79. The fraction of sp³-hybridized carbons (Fsp3) is 0.250. The van der Waals surface area contributed by atoms with Gasteiger partial charge in [-0.15, -0.1) is 0 Å². The number of hydrogen-bond acceptors (Lipinski definition) is 5. The van der Waals surface area contributed by atoms with Crippen LogP contribution in [0.2, 0.25) is 0 Å². The summed E-state index contributed by atoms with van der Waals surface area (Å²) in [5, 5.41) is 0. The van der Waals surface area contributed by atoms with Gasteiger partial charge in [-0.3, -0.25) is 4.90 Å². The number of benzene rings is 2. The first kappa shape index (κ1) is 17.0. The van der Waals surface area contributed by atoms with Crippen LogP contribution in [0.15, 0.2) is 59.1 Å². The lowest BCUT2D eigenvalue weighted by atomic mass is 10.2. The Balaban J connectivity index is 1.67. The first-order valence-corrected chi connectivity index (χ1v) is 8.09. The zero-order valence-electron chi connectivity index (χ0n) is 14.7. The van der Waals surface area contributed by atoms with Gasteiger partial charge in [-0.1, -0.05) is 36.4 Å². The smallest absolute Gasteiger partial charge is 0.209 e. The molecule has 0 spiro atoms. The Morgan fingerprint density at radius 2 is 1.80 bits per heavy atom. The Morgan fingerprint density at radius 1 is 1.00 bits per heavy atom. The molecule has 0 saturated carbocycles. The van der Waals surface area contributed by atoms with Crippen molar-refractivity contribution in [2.75, 3.05) is 21.3 Å². The van der Waals surface area contributed by atoms with E-state index < -0.39 is 0 Å². The number of aromatic nitrogens is 1. The van der Waals surface area contributed by atoms with E-state index in [0.717, 1.165) is 34.9 Å². The SMILES string of the molecule is COc1ccc(CN(C)Cc2ncc(-c3ccccc3)o2)c(OC)c1. The number of methoxy groups -OCH3 is 2. The van der Waals surface area contributed by atoms with E-state index in [9.17, 15) is 0 Å². The fourth-order valence-electron chi connectivity index (χ4n) is 2.68. The number of oxazole rings is 1. The largest absolute Gasteiger partial charge is 0.497 e. The molecule has 25 heavy (non-hydrogen) atoms. The second-order valence-electron chi connectivity index (χ2n) is 5.83. The van der Waals surface area contributed by atoms with Gasteiger partial charge in [-0.25, -0.2) is 4.98 Å². The van der Waals surface area contributed by atoms with E-state index in [-0.39, 0.29) is 0 Å². The van der Waals surface area contributed by atoms with Crippen LogP contribution in [0.3, 0.4) is 0 Å². The number of ether oxygens (including phenoxy) is 2. The summed E-state index contributed by atoms with van der Waals surface area (Å²) < 4.78 is 16.6. The monoisotopic (exact) mass is 338 g/mol. The zero-order valence-corrected chi connectivity index (χ0v) is 14.7. The molecule has 1 heterocycles. The predicted molar refractivity (Wildman–Crippen MR) is 96.7 cm³/mol. The van der Waals surface area contributed by atoms with Crippen molar-refractivity contribution >= 4 is 0 Å². The van der Waals surface area contributed by atoms with E-state index in [1.165, 1.54) is 0 Å². The highest BCUT2D eigenvalue weighted by Crippen LogP contribution is 2.26. The van der Waals surface area contributed by atoms with Crippen LogP contribution in [-0.2, 0) is 13.1 Å². The van der Waals surface area contributed by atoms with Gasteiger partial charge in [0.1, 0.15) is 11.5 Å². The highest BCUT2D eigenvalue weighted by Gasteiger charge is 2.12. The van der Waals surface area contributed by atoms with Gasteiger partial charge in [-0.2, -0.15) is 0 Å². The molecule has 5 nitrogen and oxygen atoms in total. The topological polar surface area (TPSA) is 47.7 Å². The molecule has 0 N–H and O–H groups in total. The summed E-state index contributed by atoms with van der Waals surface area (Å²) in [5.74, 6) is 3.06. The summed E-state index contributed by atoms with van der Waals surface area (Å²) in [6.45, 7) is 1.33. The van der Waals surface area contributed by atoms with Crippen molar-refractivity contribution in [1.29, 1.82) is 0 Å². The lowest BCUT2D eigenvalue weighted by molar-refractivity contribution is 0.277. The highest BCUT2D eigenvalue weighted by molar-refractivity contribution is 5.55. The molecule has 130 valence electrons. The Labute approximate surface area is 147 Å². The molecule has 0 bridgehead atoms. The average molecular weight is 338 g/mol. The first-order chi connectivity index (χ1) is 12.2. The lowest BCUT2D eigenvalue weighted by Crippen LogP contribution is -2.17. The van der Waals surface area contributed by atoms with Crippen LogP contribution < -0.4 is 9.47 Å². The molecule has 3 rings (SSSR count). The minimum absolute atomic E-state index is 0.613. The van der Waals surface area contributed by atoms with Gasteiger partial charge >= 0.3 is 0 Å². The van der Waals surface area contributed by atoms with Gasteiger partial charge < -0.3 is 13.9 Å². The van der Waals surface area contributed by atoms with E-state index in [2.05, 4.69) is 9.88 Å². The molecule has 0 amide bonds. The number of nitrogens with zero attached hydrogens (tertiary/aromatic N) is 2. The molecule has 0 fully saturated rings. The summed E-state index contributed by atoms with van der Waals surface area (Å²) >= 11 is 0. The summed E-state index contributed by atoms with van der Waals surface area (Å²) in [7, 11) is 5.34. The minimum Gasteiger partial charge on any atom is -0.497 e. The maximum Gasteiger partial charge on any atom is 0.209 e. The lowest BCUT2D eigenvalue weighted by Gasteiger charge is -2.17. The second kappa shape index (κ2) is 7.85. The van der Waals surface area contributed by atoms with Crippen LogP contribution in [-0.4, -0.2) is 31.2 Å².